The van der Waals surface area contributed by atoms with Crippen molar-refractivity contribution in [1.29, 1.82) is 0 Å². The summed E-state index contributed by atoms with van der Waals surface area (Å²) in [4.78, 5) is 12.9. The van der Waals surface area contributed by atoms with Crippen molar-refractivity contribution in [1.82, 2.24) is 0 Å². The second-order valence-corrected chi connectivity index (χ2v) is 8.36. The van der Waals surface area contributed by atoms with E-state index in [-0.39, 0.29) is 23.7 Å². The number of ketones is 1. The van der Waals surface area contributed by atoms with Crippen molar-refractivity contribution < 1.29 is 14.2 Å². The summed E-state index contributed by atoms with van der Waals surface area (Å²) in [6, 6.07) is 12.8. The Bertz CT molecular complexity index is 815. The molecule has 0 bridgehead atoms. The summed E-state index contributed by atoms with van der Waals surface area (Å²) in [6.07, 6.45) is 0.825. The van der Waals surface area contributed by atoms with Crippen LogP contribution < -0.4 is 10.2 Å². The fraction of sp³-hybridized carbons (Fsp3) is 0.381. The first-order valence-electron chi connectivity index (χ1n) is 8.81. The Balaban J connectivity index is 2.05. The highest BCUT2D eigenvalue weighted by molar-refractivity contribution is 6.71. The molecule has 0 unspecified atom stereocenters. The largest absolute Gasteiger partial charge is 0.495 e. The molecule has 3 rings (SSSR count). The summed E-state index contributed by atoms with van der Waals surface area (Å²) in [5, 5.41) is 0.510. The molecule has 0 aliphatic carbocycles. The SMILES string of the molecule is COc1cc(C(=O)c2ccccc2)cc(B2CC(C)(C)C(C)(C)O2)c1Cl. The average Bonchev–Trinajstić information content (AvgIpc) is 2.82. The molecule has 0 amide bonds. The first-order valence-corrected chi connectivity index (χ1v) is 9.19. The molecule has 0 N–H and O–H groups in total. The topological polar surface area (TPSA) is 35.5 Å². The predicted octanol–water partition coefficient (Wildman–Crippen LogP) is 4.61. The van der Waals surface area contributed by atoms with Crippen molar-refractivity contribution in [2.45, 2.75) is 39.6 Å². The third-order valence-electron chi connectivity index (χ3n) is 5.69. The Morgan fingerprint density at radius 2 is 1.77 bits per heavy atom. The van der Waals surface area contributed by atoms with Crippen LogP contribution in [0.5, 0.6) is 5.75 Å². The first kappa shape index (κ1) is 19.0. The molecule has 0 radical (unpaired) electrons. The number of carbonyl (C=O) groups excluding carboxylic acids is 1. The maximum atomic E-state index is 12.9. The molecule has 136 valence electrons. The van der Waals surface area contributed by atoms with Crippen LogP contribution in [0.3, 0.4) is 0 Å². The summed E-state index contributed by atoms with van der Waals surface area (Å²) >= 11 is 6.58. The van der Waals surface area contributed by atoms with Gasteiger partial charge in [-0.15, -0.1) is 0 Å². The maximum Gasteiger partial charge on any atom is 0.329 e. The number of halogens is 1. The van der Waals surface area contributed by atoms with Crippen LogP contribution in [0.1, 0.15) is 43.6 Å². The van der Waals surface area contributed by atoms with Crippen molar-refractivity contribution in [2.24, 2.45) is 5.41 Å². The van der Waals surface area contributed by atoms with Crippen LogP contribution in [0.2, 0.25) is 11.3 Å². The van der Waals surface area contributed by atoms with E-state index in [9.17, 15) is 4.79 Å². The quantitative estimate of drug-likeness (QED) is 0.582. The molecule has 1 aliphatic heterocycles. The second kappa shape index (κ2) is 6.75. The van der Waals surface area contributed by atoms with E-state index < -0.39 is 0 Å². The summed E-state index contributed by atoms with van der Waals surface area (Å²) in [5.74, 6) is 0.438. The lowest BCUT2D eigenvalue weighted by Crippen LogP contribution is -2.36. The van der Waals surface area contributed by atoms with Crippen molar-refractivity contribution in [3.8, 4) is 5.75 Å². The first-order chi connectivity index (χ1) is 12.2. The van der Waals surface area contributed by atoms with Gasteiger partial charge in [-0.3, -0.25) is 4.79 Å². The van der Waals surface area contributed by atoms with Gasteiger partial charge in [0.15, 0.2) is 5.78 Å². The minimum Gasteiger partial charge on any atom is -0.495 e. The molecule has 3 nitrogen and oxygen atoms in total. The smallest absolute Gasteiger partial charge is 0.329 e. The zero-order valence-corrected chi connectivity index (χ0v) is 16.7. The highest BCUT2D eigenvalue weighted by atomic mass is 35.5. The zero-order valence-electron chi connectivity index (χ0n) is 15.9. The third kappa shape index (κ3) is 3.28. The summed E-state index contributed by atoms with van der Waals surface area (Å²) in [5.41, 5.74) is 1.71. The molecule has 2 aromatic carbocycles. The Labute approximate surface area is 160 Å². The third-order valence-corrected chi connectivity index (χ3v) is 6.10. The van der Waals surface area contributed by atoms with Crippen molar-refractivity contribution in [3.63, 3.8) is 0 Å². The molecule has 2 aromatic rings. The molecular formula is C21H24BClO3. The van der Waals surface area contributed by atoms with Gasteiger partial charge in [-0.2, -0.15) is 0 Å². The lowest BCUT2D eigenvalue weighted by atomic mass is 9.54. The lowest BCUT2D eigenvalue weighted by molar-refractivity contribution is 0.0375. The highest BCUT2D eigenvalue weighted by Crippen LogP contribution is 2.45. The van der Waals surface area contributed by atoms with E-state index in [4.69, 9.17) is 21.0 Å². The molecule has 1 fully saturated rings. The molecule has 0 atom stereocenters. The van der Waals surface area contributed by atoms with Gasteiger partial charge in [-0.25, -0.2) is 0 Å². The minimum absolute atomic E-state index is 0.00628. The zero-order chi connectivity index (χ0) is 19.1. The highest BCUT2D eigenvalue weighted by Gasteiger charge is 2.50. The number of benzene rings is 2. The molecule has 5 heteroatoms. The average molecular weight is 371 g/mol. The van der Waals surface area contributed by atoms with Gasteiger partial charge >= 0.3 is 6.92 Å². The fourth-order valence-corrected chi connectivity index (χ4v) is 3.64. The Morgan fingerprint density at radius 3 is 2.31 bits per heavy atom. The standard InChI is InChI=1S/C21H24BClO3/c1-20(2)13-22(26-21(20,3)4)16-11-15(12-17(25-5)18(16)23)19(24)14-9-7-6-8-10-14/h6-12H,13H2,1-5H3. The van der Waals surface area contributed by atoms with Crippen LogP contribution in [0.15, 0.2) is 42.5 Å². The van der Waals surface area contributed by atoms with Gasteiger partial charge in [-0.05, 0) is 37.1 Å². The molecule has 0 aromatic heterocycles. The van der Waals surface area contributed by atoms with Gasteiger partial charge in [0, 0.05) is 11.1 Å². The molecule has 0 saturated carbocycles. The van der Waals surface area contributed by atoms with Gasteiger partial charge in [0.1, 0.15) is 5.75 Å². The summed E-state index contributed by atoms with van der Waals surface area (Å²) in [7, 11) is 1.56. The van der Waals surface area contributed by atoms with Gasteiger partial charge in [-0.1, -0.05) is 61.8 Å². The Hall–Kier alpha value is -1.78. The molecule has 1 aliphatic rings. The van der Waals surface area contributed by atoms with Crippen LogP contribution in [-0.4, -0.2) is 25.4 Å². The van der Waals surface area contributed by atoms with E-state index >= 15 is 0 Å². The van der Waals surface area contributed by atoms with E-state index in [2.05, 4.69) is 27.7 Å². The van der Waals surface area contributed by atoms with E-state index in [1.54, 1.807) is 25.3 Å². The number of rotatable bonds is 4. The fourth-order valence-electron chi connectivity index (χ4n) is 3.33. The monoisotopic (exact) mass is 370 g/mol. The lowest BCUT2D eigenvalue weighted by Gasteiger charge is -2.34. The Morgan fingerprint density at radius 1 is 1.12 bits per heavy atom. The van der Waals surface area contributed by atoms with Crippen molar-refractivity contribution >= 4 is 29.8 Å². The molecule has 1 saturated heterocycles. The van der Waals surface area contributed by atoms with Gasteiger partial charge in [0.2, 0.25) is 0 Å². The molecular weight excluding hydrogens is 346 g/mol. The van der Waals surface area contributed by atoms with E-state index in [1.807, 2.05) is 24.3 Å². The van der Waals surface area contributed by atoms with E-state index in [0.29, 0.717) is 21.9 Å². The Kier molecular flexibility index (Phi) is 4.93. The molecule has 26 heavy (non-hydrogen) atoms. The predicted molar refractivity (Wildman–Crippen MR) is 107 cm³/mol. The van der Waals surface area contributed by atoms with Gasteiger partial charge < -0.3 is 9.39 Å². The van der Waals surface area contributed by atoms with Crippen LogP contribution in [0, 0.1) is 5.41 Å². The molecule has 1 heterocycles. The summed E-state index contributed by atoms with van der Waals surface area (Å²) in [6.45, 7) is 8.40. The minimum atomic E-state index is -0.284. The number of hydrogen-bond donors (Lipinski definition) is 0. The van der Waals surface area contributed by atoms with Crippen molar-refractivity contribution in [2.75, 3.05) is 7.11 Å². The van der Waals surface area contributed by atoms with Crippen LogP contribution in [-0.2, 0) is 4.65 Å². The maximum absolute atomic E-state index is 12.9. The van der Waals surface area contributed by atoms with Gasteiger partial charge in [0.25, 0.3) is 0 Å². The number of methoxy groups -OCH3 is 1. The number of ether oxygens (including phenoxy) is 1. The normalized spacial score (nSPS) is 18.0. The van der Waals surface area contributed by atoms with E-state index in [1.165, 1.54) is 0 Å². The van der Waals surface area contributed by atoms with Crippen molar-refractivity contribution in [3.05, 3.63) is 58.6 Å². The van der Waals surface area contributed by atoms with Crippen LogP contribution in [0.25, 0.3) is 0 Å². The van der Waals surface area contributed by atoms with Crippen LogP contribution >= 0.6 is 11.6 Å². The second-order valence-electron chi connectivity index (χ2n) is 7.98. The summed E-state index contributed by atoms with van der Waals surface area (Å²) < 4.78 is 11.8. The van der Waals surface area contributed by atoms with Gasteiger partial charge in [0.05, 0.1) is 17.7 Å². The molecule has 0 spiro atoms. The van der Waals surface area contributed by atoms with E-state index in [0.717, 1.165) is 11.8 Å². The number of carbonyl (C=O) groups is 1. The van der Waals surface area contributed by atoms with Crippen LogP contribution in [0.4, 0.5) is 0 Å². The number of hydrogen-bond acceptors (Lipinski definition) is 3.